The molecule has 1 heteroatoms. The smallest absolute Gasteiger partial charge is 0.0433 e. The highest BCUT2D eigenvalue weighted by Gasteiger charge is 1.80. The minimum atomic E-state index is 0.285. The van der Waals surface area contributed by atoms with Crippen molar-refractivity contribution in [3.63, 3.8) is 0 Å². The van der Waals surface area contributed by atoms with E-state index in [1.165, 1.54) is 19.3 Å². The van der Waals surface area contributed by atoms with Crippen LogP contribution < -0.4 is 0 Å². The standard InChI is InChI=1S/C13H22O/c1-2-3-4-5-6-7-8-9-10-11-12-13-14/h9-10,14H,2-5,8,11-13H2,1H3. The Hall–Kier alpha value is -0.740. The number of rotatable bonds is 7. The fourth-order valence-electron chi connectivity index (χ4n) is 1.09. The summed E-state index contributed by atoms with van der Waals surface area (Å²) >= 11 is 0. The van der Waals surface area contributed by atoms with Gasteiger partial charge in [0.25, 0.3) is 0 Å². The zero-order valence-corrected chi connectivity index (χ0v) is 9.26. The first-order valence-corrected chi connectivity index (χ1v) is 5.63. The SMILES string of the molecule is CCCCCC#CCC=CCCCO. The molecule has 14 heavy (non-hydrogen) atoms. The summed E-state index contributed by atoms with van der Waals surface area (Å²) in [6.07, 6.45) is 11.7. The number of unbranched alkanes of at least 4 members (excludes halogenated alkanes) is 4. The van der Waals surface area contributed by atoms with Crippen LogP contribution in [0.5, 0.6) is 0 Å². The minimum absolute atomic E-state index is 0.285. The molecule has 0 aliphatic carbocycles. The third-order valence-corrected chi connectivity index (χ3v) is 1.95. The Balaban J connectivity index is 3.20. The van der Waals surface area contributed by atoms with Crippen molar-refractivity contribution >= 4 is 0 Å². The molecular formula is C13H22O. The van der Waals surface area contributed by atoms with Gasteiger partial charge < -0.3 is 5.11 Å². The molecule has 0 spiro atoms. The molecule has 0 saturated carbocycles. The van der Waals surface area contributed by atoms with Crippen LogP contribution >= 0.6 is 0 Å². The second-order valence-corrected chi connectivity index (χ2v) is 3.35. The van der Waals surface area contributed by atoms with E-state index in [2.05, 4.69) is 30.9 Å². The van der Waals surface area contributed by atoms with Gasteiger partial charge in [0.2, 0.25) is 0 Å². The average Bonchev–Trinajstić information content (AvgIpc) is 2.21. The molecule has 1 N–H and O–H groups in total. The number of hydrogen-bond donors (Lipinski definition) is 1. The third-order valence-electron chi connectivity index (χ3n) is 1.95. The molecule has 0 bridgehead atoms. The van der Waals surface area contributed by atoms with Gasteiger partial charge >= 0.3 is 0 Å². The van der Waals surface area contributed by atoms with Gasteiger partial charge in [-0.3, -0.25) is 0 Å². The number of hydrogen-bond acceptors (Lipinski definition) is 1. The lowest BCUT2D eigenvalue weighted by atomic mass is 10.2. The van der Waals surface area contributed by atoms with Gasteiger partial charge in [-0.2, -0.15) is 0 Å². The van der Waals surface area contributed by atoms with Crippen molar-refractivity contribution < 1.29 is 5.11 Å². The average molecular weight is 194 g/mol. The Labute approximate surface area is 88.2 Å². The normalized spacial score (nSPS) is 10.1. The van der Waals surface area contributed by atoms with E-state index in [1.54, 1.807) is 0 Å². The van der Waals surface area contributed by atoms with Crippen molar-refractivity contribution in [1.29, 1.82) is 0 Å². The highest BCUT2D eigenvalue weighted by Crippen LogP contribution is 1.97. The molecule has 0 aliphatic rings. The van der Waals surface area contributed by atoms with E-state index >= 15 is 0 Å². The number of aliphatic hydroxyl groups excluding tert-OH is 1. The van der Waals surface area contributed by atoms with Gasteiger partial charge in [-0.25, -0.2) is 0 Å². The largest absolute Gasteiger partial charge is 0.396 e. The van der Waals surface area contributed by atoms with Crippen molar-refractivity contribution in [2.75, 3.05) is 6.61 Å². The molecule has 0 fully saturated rings. The molecule has 0 atom stereocenters. The molecule has 0 amide bonds. The summed E-state index contributed by atoms with van der Waals surface area (Å²) in [6, 6.07) is 0. The van der Waals surface area contributed by atoms with Crippen LogP contribution in [-0.2, 0) is 0 Å². The van der Waals surface area contributed by atoms with Crippen LogP contribution in [0.3, 0.4) is 0 Å². The fraction of sp³-hybridized carbons (Fsp3) is 0.692. The number of allylic oxidation sites excluding steroid dienone is 2. The first-order chi connectivity index (χ1) is 6.91. The summed E-state index contributed by atoms with van der Waals surface area (Å²) < 4.78 is 0. The van der Waals surface area contributed by atoms with Crippen molar-refractivity contribution in [3.8, 4) is 11.8 Å². The molecule has 80 valence electrons. The molecule has 0 aromatic carbocycles. The monoisotopic (exact) mass is 194 g/mol. The molecule has 0 aromatic rings. The van der Waals surface area contributed by atoms with Crippen LogP contribution in [0.4, 0.5) is 0 Å². The van der Waals surface area contributed by atoms with Crippen LogP contribution in [0.15, 0.2) is 12.2 Å². The van der Waals surface area contributed by atoms with Crippen molar-refractivity contribution in [2.45, 2.75) is 51.9 Å². The maximum Gasteiger partial charge on any atom is 0.0433 e. The predicted octanol–water partition coefficient (Wildman–Crippen LogP) is 3.29. The van der Waals surface area contributed by atoms with Gasteiger partial charge in [-0.1, -0.05) is 37.8 Å². The predicted molar refractivity (Wildman–Crippen MR) is 62.0 cm³/mol. The van der Waals surface area contributed by atoms with Gasteiger partial charge in [-0.05, 0) is 19.3 Å². The van der Waals surface area contributed by atoms with Crippen LogP contribution in [-0.4, -0.2) is 11.7 Å². The van der Waals surface area contributed by atoms with Crippen molar-refractivity contribution in [2.24, 2.45) is 0 Å². The zero-order valence-electron chi connectivity index (χ0n) is 9.26. The summed E-state index contributed by atoms with van der Waals surface area (Å²) in [5, 5.41) is 8.53. The van der Waals surface area contributed by atoms with Crippen molar-refractivity contribution in [1.82, 2.24) is 0 Å². The van der Waals surface area contributed by atoms with Crippen LogP contribution in [0, 0.1) is 11.8 Å². The van der Waals surface area contributed by atoms with E-state index in [0.717, 1.165) is 25.7 Å². The quantitative estimate of drug-likeness (QED) is 0.374. The summed E-state index contributed by atoms with van der Waals surface area (Å²) in [7, 11) is 0. The molecule has 0 saturated heterocycles. The van der Waals surface area contributed by atoms with E-state index in [9.17, 15) is 0 Å². The summed E-state index contributed by atoms with van der Waals surface area (Å²) in [6.45, 7) is 2.49. The van der Waals surface area contributed by atoms with Crippen LogP contribution in [0.1, 0.15) is 51.9 Å². The Bertz CT molecular complexity index is 183. The summed E-state index contributed by atoms with van der Waals surface area (Å²) in [4.78, 5) is 0. The lowest BCUT2D eigenvalue weighted by Gasteiger charge is -1.88. The fourth-order valence-corrected chi connectivity index (χ4v) is 1.09. The molecule has 0 radical (unpaired) electrons. The Morgan fingerprint density at radius 3 is 2.64 bits per heavy atom. The first-order valence-electron chi connectivity index (χ1n) is 5.63. The minimum Gasteiger partial charge on any atom is -0.396 e. The molecule has 0 aromatic heterocycles. The van der Waals surface area contributed by atoms with Crippen LogP contribution in [0.2, 0.25) is 0 Å². The van der Waals surface area contributed by atoms with E-state index in [0.29, 0.717) is 0 Å². The molecule has 0 unspecified atom stereocenters. The van der Waals surface area contributed by atoms with E-state index in [1.807, 2.05) is 0 Å². The molecular weight excluding hydrogens is 172 g/mol. The van der Waals surface area contributed by atoms with Gasteiger partial charge in [-0.15, -0.1) is 5.92 Å². The van der Waals surface area contributed by atoms with E-state index in [-0.39, 0.29) is 6.61 Å². The van der Waals surface area contributed by atoms with E-state index in [4.69, 9.17) is 5.11 Å². The maximum atomic E-state index is 8.53. The van der Waals surface area contributed by atoms with Gasteiger partial charge in [0.15, 0.2) is 0 Å². The van der Waals surface area contributed by atoms with Gasteiger partial charge in [0, 0.05) is 19.4 Å². The van der Waals surface area contributed by atoms with Crippen molar-refractivity contribution in [3.05, 3.63) is 12.2 Å². The third kappa shape index (κ3) is 11.3. The lowest BCUT2D eigenvalue weighted by molar-refractivity contribution is 0.289. The molecule has 0 aliphatic heterocycles. The number of aliphatic hydroxyl groups is 1. The lowest BCUT2D eigenvalue weighted by Crippen LogP contribution is -1.77. The Morgan fingerprint density at radius 1 is 1.07 bits per heavy atom. The first kappa shape index (κ1) is 13.3. The highest BCUT2D eigenvalue weighted by molar-refractivity contribution is 5.04. The van der Waals surface area contributed by atoms with Gasteiger partial charge in [0.1, 0.15) is 0 Å². The summed E-state index contributed by atoms with van der Waals surface area (Å²) in [5.41, 5.74) is 0. The van der Waals surface area contributed by atoms with Crippen LogP contribution in [0.25, 0.3) is 0 Å². The van der Waals surface area contributed by atoms with Gasteiger partial charge in [0.05, 0.1) is 0 Å². The van der Waals surface area contributed by atoms with E-state index < -0.39 is 0 Å². The topological polar surface area (TPSA) is 20.2 Å². The molecule has 0 rings (SSSR count). The maximum absolute atomic E-state index is 8.53. The zero-order chi connectivity index (χ0) is 10.5. The highest BCUT2D eigenvalue weighted by atomic mass is 16.2. The second kappa shape index (κ2) is 12.3. The Morgan fingerprint density at radius 2 is 1.93 bits per heavy atom. The second-order valence-electron chi connectivity index (χ2n) is 3.35. The Kier molecular flexibility index (Phi) is 11.6. The summed E-state index contributed by atoms with van der Waals surface area (Å²) in [5.74, 6) is 6.28. The molecule has 1 nitrogen and oxygen atoms in total. The molecule has 0 heterocycles.